The first-order valence-corrected chi connectivity index (χ1v) is 9.43. The van der Waals surface area contributed by atoms with Crippen LogP contribution >= 0.6 is 11.3 Å². The molecule has 0 radical (unpaired) electrons. The molecule has 1 atom stereocenters. The van der Waals surface area contributed by atoms with Crippen molar-refractivity contribution in [2.24, 2.45) is 0 Å². The number of thiazole rings is 1. The van der Waals surface area contributed by atoms with Gasteiger partial charge in [0.05, 0.1) is 11.7 Å². The third-order valence-electron chi connectivity index (χ3n) is 4.41. The maximum absolute atomic E-state index is 13.0. The molecule has 0 unspecified atom stereocenters. The Morgan fingerprint density at radius 2 is 1.74 bits per heavy atom. The second-order valence-electron chi connectivity index (χ2n) is 6.19. The zero-order valence-electron chi connectivity index (χ0n) is 14.6. The maximum Gasteiger partial charge on any atom is 0.271 e. The number of nitrogens with one attached hydrogen (secondary N) is 1. The van der Waals surface area contributed by atoms with Crippen LogP contribution in [0.25, 0.3) is 16.2 Å². The quantitative estimate of drug-likeness (QED) is 0.588. The fourth-order valence-corrected chi connectivity index (χ4v) is 3.82. The van der Waals surface area contributed by atoms with Crippen molar-refractivity contribution in [3.63, 3.8) is 0 Å². The van der Waals surface area contributed by atoms with Crippen LogP contribution in [-0.4, -0.2) is 15.3 Å². The summed E-state index contributed by atoms with van der Waals surface area (Å²) in [7, 11) is 0. The van der Waals surface area contributed by atoms with E-state index in [4.69, 9.17) is 0 Å². The number of carbonyl (C=O) groups is 1. The van der Waals surface area contributed by atoms with Crippen LogP contribution in [0.4, 0.5) is 0 Å². The van der Waals surface area contributed by atoms with Gasteiger partial charge >= 0.3 is 0 Å². The number of aromatic nitrogens is 2. The van der Waals surface area contributed by atoms with E-state index in [1.807, 2.05) is 73.0 Å². The zero-order valence-corrected chi connectivity index (χ0v) is 15.4. The summed E-state index contributed by atoms with van der Waals surface area (Å²) in [5, 5.41) is 4.76. The van der Waals surface area contributed by atoms with Gasteiger partial charge in [-0.25, -0.2) is 4.98 Å². The Morgan fingerprint density at radius 1 is 1.07 bits per heavy atom. The number of hydrogen-bond acceptors (Lipinski definition) is 4. The number of nitrogens with zero attached hydrogens (tertiary/aromatic N) is 2. The van der Waals surface area contributed by atoms with Crippen LogP contribution in [0.3, 0.4) is 0 Å². The second-order valence-corrected chi connectivity index (χ2v) is 7.02. The highest BCUT2D eigenvalue weighted by Crippen LogP contribution is 2.23. The minimum atomic E-state index is -0.427. The molecule has 0 saturated heterocycles. The van der Waals surface area contributed by atoms with Gasteiger partial charge in [0, 0.05) is 11.6 Å². The summed E-state index contributed by atoms with van der Waals surface area (Å²) in [5.41, 5.74) is 2.28. The van der Waals surface area contributed by atoms with E-state index in [2.05, 4.69) is 10.3 Å². The predicted octanol–water partition coefficient (Wildman–Crippen LogP) is 3.91. The van der Waals surface area contributed by atoms with E-state index in [1.165, 1.54) is 21.9 Å². The third-order valence-corrected chi connectivity index (χ3v) is 5.25. The Bertz CT molecular complexity index is 1150. The molecule has 2 aromatic heterocycles. The highest BCUT2D eigenvalue weighted by Gasteiger charge is 2.18. The first kappa shape index (κ1) is 17.2. The van der Waals surface area contributed by atoms with Crippen molar-refractivity contribution in [2.45, 2.75) is 13.0 Å². The average Bonchev–Trinajstić information content (AvgIpc) is 3.14. The lowest BCUT2D eigenvalue weighted by Gasteiger charge is -2.14. The number of carbonyl (C=O) groups excluding carboxylic acids is 1. The van der Waals surface area contributed by atoms with Crippen LogP contribution in [0.15, 0.2) is 77.0 Å². The highest BCUT2D eigenvalue weighted by molar-refractivity contribution is 7.15. The van der Waals surface area contributed by atoms with Crippen LogP contribution in [0.1, 0.15) is 28.9 Å². The van der Waals surface area contributed by atoms with Crippen molar-refractivity contribution in [3.8, 4) is 11.3 Å². The molecule has 27 heavy (non-hydrogen) atoms. The van der Waals surface area contributed by atoms with E-state index in [-0.39, 0.29) is 17.2 Å². The summed E-state index contributed by atoms with van der Waals surface area (Å²) in [6.07, 6.45) is 1.36. The van der Waals surface area contributed by atoms with E-state index < -0.39 is 5.91 Å². The summed E-state index contributed by atoms with van der Waals surface area (Å²) >= 11 is 1.37. The smallest absolute Gasteiger partial charge is 0.271 e. The zero-order chi connectivity index (χ0) is 18.8. The molecule has 2 heterocycles. The minimum absolute atomic E-state index is 0.0332. The first-order chi connectivity index (χ1) is 13.1. The van der Waals surface area contributed by atoms with Gasteiger partial charge in [0.25, 0.3) is 11.5 Å². The molecule has 1 amide bonds. The standard InChI is InChI=1S/C21H17N3O2S/c1-14(15-8-4-2-5-9-15)23-19(25)17-12-22-21-24(20(17)26)18(13-27-21)16-10-6-3-7-11-16/h2-14H,1H3,(H,23,25)/t14-/m0/s1. The molecule has 0 saturated carbocycles. The van der Waals surface area contributed by atoms with Gasteiger partial charge in [-0.1, -0.05) is 60.7 Å². The Morgan fingerprint density at radius 3 is 2.44 bits per heavy atom. The number of amides is 1. The lowest BCUT2D eigenvalue weighted by molar-refractivity contribution is 0.0938. The molecule has 5 nitrogen and oxygen atoms in total. The Hall–Kier alpha value is -3.25. The van der Waals surface area contributed by atoms with Crippen molar-refractivity contribution in [3.05, 3.63) is 93.7 Å². The molecule has 4 aromatic rings. The number of rotatable bonds is 4. The summed E-state index contributed by atoms with van der Waals surface area (Å²) in [6.45, 7) is 1.89. The molecule has 0 aliphatic carbocycles. The molecule has 134 valence electrons. The molecule has 1 N–H and O–H groups in total. The van der Waals surface area contributed by atoms with Crippen LogP contribution < -0.4 is 10.9 Å². The molecule has 0 aliphatic rings. The molecule has 0 bridgehead atoms. The van der Waals surface area contributed by atoms with Gasteiger partial charge < -0.3 is 5.32 Å². The molecular formula is C21H17N3O2S. The molecular weight excluding hydrogens is 358 g/mol. The van der Waals surface area contributed by atoms with Gasteiger partial charge in [-0.3, -0.25) is 14.0 Å². The number of benzene rings is 2. The molecule has 0 spiro atoms. The minimum Gasteiger partial charge on any atom is -0.345 e. The summed E-state index contributed by atoms with van der Waals surface area (Å²) in [6, 6.07) is 19.0. The van der Waals surface area contributed by atoms with E-state index >= 15 is 0 Å². The average molecular weight is 375 g/mol. The molecule has 4 rings (SSSR count). The third kappa shape index (κ3) is 3.27. The largest absolute Gasteiger partial charge is 0.345 e. The van der Waals surface area contributed by atoms with Crippen LogP contribution in [-0.2, 0) is 0 Å². The van der Waals surface area contributed by atoms with Crippen molar-refractivity contribution in [2.75, 3.05) is 0 Å². The predicted molar refractivity (Wildman–Crippen MR) is 107 cm³/mol. The second kappa shape index (κ2) is 7.17. The first-order valence-electron chi connectivity index (χ1n) is 8.55. The van der Waals surface area contributed by atoms with Gasteiger partial charge in [-0.15, -0.1) is 11.3 Å². The Labute approximate surface area is 160 Å². The molecule has 0 fully saturated rings. The van der Waals surface area contributed by atoms with Crippen molar-refractivity contribution in [1.82, 2.24) is 14.7 Å². The maximum atomic E-state index is 13.0. The highest BCUT2D eigenvalue weighted by atomic mass is 32.1. The summed E-state index contributed by atoms with van der Waals surface area (Å²) in [4.78, 5) is 30.6. The van der Waals surface area contributed by atoms with Crippen molar-refractivity contribution in [1.29, 1.82) is 0 Å². The SMILES string of the molecule is C[C@H](NC(=O)c1cnc2scc(-c3ccccc3)n2c1=O)c1ccccc1. The van der Waals surface area contributed by atoms with E-state index in [0.29, 0.717) is 4.96 Å². The van der Waals surface area contributed by atoms with E-state index in [1.54, 1.807) is 0 Å². The van der Waals surface area contributed by atoms with Gasteiger partial charge in [-0.2, -0.15) is 0 Å². The topological polar surface area (TPSA) is 63.5 Å². The van der Waals surface area contributed by atoms with Crippen molar-refractivity contribution < 1.29 is 4.79 Å². The Balaban J connectivity index is 1.71. The molecule has 6 heteroatoms. The number of fused-ring (bicyclic) bond motifs is 1. The fraction of sp³-hybridized carbons (Fsp3) is 0.0952. The van der Waals surface area contributed by atoms with E-state index in [0.717, 1.165) is 16.8 Å². The number of hydrogen-bond donors (Lipinski definition) is 1. The van der Waals surface area contributed by atoms with E-state index in [9.17, 15) is 9.59 Å². The van der Waals surface area contributed by atoms with Gasteiger partial charge in [0.2, 0.25) is 0 Å². The molecule has 0 aliphatic heterocycles. The van der Waals surface area contributed by atoms with Gasteiger partial charge in [0.1, 0.15) is 5.56 Å². The van der Waals surface area contributed by atoms with Crippen LogP contribution in [0.5, 0.6) is 0 Å². The van der Waals surface area contributed by atoms with Crippen LogP contribution in [0, 0.1) is 0 Å². The van der Waals surface area contributed by atoms with Crippen LogP contribution in [0.2, 0.25) is 0 Å². The lowest BCUT2D eigenvalue weighted by Crippen LogP contribution is -2.33. The Kier molecular flexibility index (Phi) is 4.56. The fourth-order valence-electron chi connectivity index (χ4n) is 2.96. The molecule has 2 aromatic carbocycles. The lowest BCUT2D eigenvalue weighted by atomic mass is 10.1. The van der Waals surface area contributed by atoms with Gasteiger partial charge in [-0.05, 0) is 18.1 Å². The monoisotopic (exact) mass is 375 g/mol. The van der Waals surface area contributed by atoms with Crippen molar-refractivity contribution >= 4 is 22.2 Å². The summed E-state index contributed by atoms with van der Waals surface area (Å²) < 4.78 is 1.50. The summed E-state index contributed by atoms with van der Waals surface area (Å²) in [5.74, 6) is -0.427. The van der Waals surface area contributed by atoms with Gasteiger partial charge in [0.15, 0.2) is 4.96 Å². The normalized spacial score (nSPS) is 12.0.